The van der Waals surface area contributed by atoms with Crippen LogP contribution in [0.25, 0.3) is 32.3 Å². The Morgan fingerprint density at radius 1 is 1.00 bits per heavy atom. The highest BCUT2D eigenvalue weighted by Gasteiger charge is 2.15. The summed E-state index contributed by atoms with van der Waals surface area (Å²) in [4.78, 5) is 30.6. The predicted molar refractivity (Wildman–Crippen MR) is 120 cm³/mol. The van der Waals surface area contributed by atoms with Crippen LogP contribution in [0.1, 0.15) is 16.7 Å². The Labute approximate surface area is 175 Å². The van der Waals surface area contributed by atoms with Crippen molar-refractivity contribution in [3.8, 4) is 11.1 Å². The lowest BCUT2D eigenvalue weighted by Crippen LogP contribution is -2.21. The Balaban J connectivity index is 1.66. The Morgan fingerprint density at radius 2 is 1.77 bits per heavy atom. The fraction of sp³-hybridized carbons (Fsp3) is 0.125. The zero-order valence-electron chi connectivity index (χ0n) is 16.5. The van der Waals surface area contributed by atoms with Gasteiger partial charge in [0.2, 0.25) is 0 Å². The molecule has 0 aliphatic heterocycles. The van der Waals surface area contributed by atoms with Crippen LogP contribution < -0.4 is 11.2 Å². The van der Waals surface area contributed by atoms with Gasteiger partial charge in [0.25, 0.3) is 5.56 Å². The quantitative estimate of drug-likeness (QED) is 0.394. The lowest BCUT2D eigenvalue weighted by molar-refractivity contribution is 0.557. The van der Waals surface area contributed by atoms with Crippen LogP contribution in [0.2, 0.25) is 0 Å². The SMILES string of the molecule is Cc1ccc(-c2csc3ncn(Cc4cc(=O)oc5cc(C)ccc45)c(=O)c23)cc1. The summed E-state index contributed by atoms with van der Waals surface area (Å²) < 4.78 is 6.89. The minimum Gasteiger partial charge on any atom is -0.423 e. The lowest BCUT2D eigenvalue weighted by atomic mass is 10.0. The summed E-state index contributed by atoms with van der Waals surface area (Å²) >= 11 is 1.46. The van der Waals surface area contributed by atoms with Crippen molar-refractivity contribution in [2.24, 2.45) is 0 Å². The first-order chi connectivity index (χ1) is 14.5. The summed E-state index contributed by atoms with van der Waals surface area (Å²) in [5, 5.41) is 3.40. The normalized spacial score (nSPS) is 11.4. The third-order valence-electron chi connectivity index (χ3n) is 5.25. The molecule has 0 aliphatic carbocycles. The molecule has 0 unspecified atom stereocenters. The molecule has 0 bridgehead atoms. The number of nitrogens with zero attached hydrogens (tertiary/aromatic N) is 2. The minimum absolute atomic E-state index is 0.120. The van der Waals surface area contributed by atoms with Crippen molar-refractivity contribution in [2.45, 2.75) is 20.4 Å². The van der Waals surface area contributed by atoms with Crippen molar-refractivity contribution < 1.29 is 4.42 Å². The van der Waals surface area contributed by atoms with E-state index in [4.69, 9.17) is 4.42 Å². The van der Waals surface area contributed by atoms with Gasteiger partial charge in [-0.3, -0.25) is 9.36 Å². The summed E-state index contributed by atoms with van der Waals surface area (Å²) in [5.74, 6) is 0. The number of hydrogen-bond acceptors (Lipinski definition) is 5. The van der Waals surface area contributed by atoms with Gasteiger partial charge in [0.15, 0.2) is 0 Å². The maximum Gasteiger partial charge on any atom is 0.336 e. The molecule has 0 atom stereocenters. The second kappa shape index (κ2) is 7.07. The molecule has 30 heavy (non-hydrogen) atoms. The minimum atomic E-state index is -0.430. The number of fused-ring (bicyclic) bond motifs is 2. The Bertz CT molecular complexity index is 1520. The van der Waals surface area contributed by atoms with E-state index >= 15 is 0 Å². The topological polar surface area (TPSA) is 65.1 Å². The molecule has 2 aromatic carbocycles. The second-order valence-electron chi connectivity index (χ2n) is 7.46. The van der Waals surface area contributed by atoms with Gasteiger partial charge in [-0.25, -0.2) is 9.78 Å². The van der Waals surface area contributed by atoms with Gasteiger partial charge in [-0.15, -0.1) is 11.3 Å². The van der Waals surface area contributed by atoms with E-state index in [0.29, 0.717) is 15.8 Å². The molecule has 0 fully saturated rings. The molecular formula is C24H18N2O3S. The van der Waals surface area contributed by atoms with Gasteiger partial charge >= 0.3 is 5.63 Å². The van der Waals surface area contributed by atoms with E-state index in [0.717, 1.165) is 27.6 Å². The fourth-order valence-corrected chi connectivity index (χ4v) is 4.58. The van der Waals surface area contributed by atoms with E-state index in [9.17, 15) is 9.59 Å². The van der Waals surface area contributed by atoms with Crippen LogP contribution in [0, 0.1) is 13.8 Å². The van der Waals surface area contributed by atoms with Crippen molar-refractivity contribution >= 4 is 32.5 Å². The molecule has 5 nitrogen and oxygen atoms in total. The third-order valence-corrected chi connectivity index (χ3v) is 6.14. The number of thiophene rings is 1. The van der Waals surface area contributed by atoms with Gasteiger partial charge < -0.3 is 4.42 Å². The fourth-order valence-electron chi connectivity index (χ4n) is 3.68. The molecule has 0 saturated carbocycles. The molecule has 5 aromatic rings. The van der Waals surface area contributed by atoms with Crippen LogP contribution in [0.3, 0.4) is 0 Å². The molecule has 0 spiro atoms. The Hall–Kier alpha value is -3.51. The maximum atomic E-state index is 13.4. The van der Waals surface area contributed by atoms with Crippen LogP contribution >= 0.6 is 11.3 Å². The van der Waals surface area contributed by atoms with E-state index < -0.39 is 5.63 Å². The molecular weight excluding hydrogens is 396 g/mol. The van der Waals surface area contributed by atoms with Crippen LogP contribution in [-0.4, -0.2) is 9.55 Å². The molecule has 148 valence electrons. The molecule has 5 rings (SSSR count). The molecule has 3 aromatic heterocycles. The summed E-state index contributed by atoms with van der Waals surface area (Å²) in [6.45, 7) is 4.22. The average Bonchev–Trinajstić information content (AvgIpc) is 3.15. The molecule has 6 heteroatoms. The standard InChI is InChI=1S/C24H18N2O3S/c1-14-3-6-16(7-4-14)19-12-30-23-22(19)24(28)26(13-25-23)11-17-10-21(27)29-20-9-15(2)5-8-18(17)20/h3-10,12-13H,11H2,1-2H3. The van der Waals surface area contributed by atoms with E-state index in [2.05, 4.69) is 4.98 Å². The summed E-state index contributed by atoms with van der Waals surface area (Å²) in [5.41, 5.74) is 4.75. The zero-order chi connectivity index (χ0) is 20.8. The zero-order valence-corrected chi connectivity index (χ0v) is 17.3. The third kappa shape index (κ3) is 3.15. The van der Waals surface area contributed by atoms with Gasteiger partial charge in [-0.1, -0.05) is 42.0 Å². The molecule has 3 heterocycles. The lowest BCUT2D eigenvalue weighted by Gasteiger charge is -2.09. The predicted octanol–water partition coefficient (Wildman–Crippen LogP) is 4.90. The summed E-state index contributed by atoms with van der Waals surface area (Å²) in [7, 11) is 0. The van der Waals surface area contributed by atoms with Gasteiger partial charge in [-0.2, -0.15) is 0 Å². The van der Waals surface area contributed by atoms with Gasteiger partial charge in [-0.05, 0) is 36.6 Å². The van der Waals surface area contributed by atoms with Crippen LogP contribution in [0.4, 0.5) is 0 Å². The van der Waals surface area contributed by atoms with E-state index in [1.165, 1.54) is 23.0 Å². The number of aryl methyl sites for hydroxylation is 2. The van der Waals surface area contributed by atoms with Crippen molar-refractivity contribution in [1.29, 1.82) is 0 Å². The van der Waals surface area contributed by atoms with E-state index in [1.54, 1.807) is 10.9 Å². The molecule has 0 amide bonds. The second-order valence-corrected chi connectivity index (χ2v) is 8.32. The summed E-state index contributed by atoms with van der Waals surface area (Å²) in [6, 6.07) is 15.3. The first-order valence-corrected chi connectivity index (χ1v) is 10.4. The highest BCUT2D eigenvalue weighted by atomic mass is 32.1. The number of rotatable bonds is 3. The van der Waals surface area contributed by atoms with Crippen molar-refractivity contribution in [1.82, 2.24) is 9.55 Å². The van der Waals surface area contributed by atoms with Crippen molar-refractivity contribution in [3.63, 3.8) is 0 Å². The van der Waals surface area contributed by atoms with Crippen molar-refractivity contribution in [3.05, 3.63) is 97.7 Å². The maximum absolute atomic E-state index is 13.4. The molecule has 0 N–H and O–H groups in total. The first kappa shape index (κ1) is 18.5. The Morgan fingerprint density at radius 3 is 2.57 bits per heavy atom. The molecule has 0 saturated heterocycles. The first-order valence-electron chi connectivity index (χ1n) is 9.57. The van der Waals surface area contributed by atoms with Crippen LogP contribution in [-0.2, 0) is 6.54 Å². The number of aromatic nitrogens is 2. The highest BCUT2D eigenvalue weighted by Crippen LogP contribution is 2.31. The average molecular weight is 414 g/mol. The molecule has 0 radical (unpaired) electrons. The number of hydrogen-bond donors (Lipinski definition) is 0. The van der Waals surface area contributed by atoms with E-state index in [-0.39, 0.29) is 12.1 Å². The van der Waals surface area contributed by atoms with Gasteiger partial charge in [0.1, 0.15) is 10.4 Å². The number of benzene rings is 2. The monoisotopic (exact) mass is 414 g/mol. The van der Waals surface area contributed by atoms with Gasteiger partial charge in [0, 0.05) is 22.4 Å². The van der Waals surface area contributed by atoms with Crippen LogP contribution in [0.15, 0.2) is 74.2 Å². The smallest absolute Gasteiger partial charge is 0.336 e. The van der Waals surface area contributed by atoms with E-state index in [1.807, 2.05) is 61.7 Å². The van der Waals surface area contributed by atoms with Crippen LogP contribution in [0.5, 0.6) is 0 Å². The largest absolute Gasteiger partial charge is 0.423 e. The molecule has 0 aliphatic rings. The Kier molecular flexibility index (Phi) is 4.37. The van der Waals surface area contributed by atoms with Crippen molar-refractivity contribution in [2.75, 3.05) is 0 Å². The summed E-state index contributed by atoms with van der Waals surface area (Å²) in [6.07, 6.45) is 1.55. The highest BCUT2D eigenvalue weighted by molar-refractivity contribution is 7.17. The van der Waals surface area contributed by atoms with Gasteiger partial charge in [0.05, 0.1) is 18.3 Å².